The molecule has 1 saturated carbocycles. The van der Waals surface area contributed by atoms with Crippen molar-refractivity contribution >= 4 is 23.1 Å². The van der Waals surface area contributed by atoms with Crippen molar-refractivity contribution in [3.8, 4) is 0 Å². The van der Waals surface area contributed by atoms with Crippen LogP contribution in [0.5, 0.6) is 0 Å². The van der Waals surface area contributed by atoms with Crippen molar-refractivity contribution < 1.29 is 17.0 Å². The van der Waals surface area contributed by atoms with E-state index in [1.54, 1.807) is 0 Å². The van der Waals surface area contributed by atoms with Crippen molar-refractivity contribution in [2.75, 3.05) is 13.1 Å². The van der Waals surface area contributed by atoms with Crippen LogP contribution in [-0.4, -0.2) is 36.1 Å². The molecule has 0 aromatic heterocycles. The molecule has 1 aliphatic carbocycles. The monoisotopic (exact) mass is 241 g/mol. The quantitative estimate of drug-likeness (QED) is 0.494. The van der Waals surface area contributed by atoms with Crippen LogP contribution < -0.4 is 17.0 Å². The smallest absolute Gasteiger partial charge is 1.00 e. The molecule has 0 spiro atoms. The number of nitrogens with zero attached hydrogens (tertiary/aromatic N) is 1. The van der Waals surface area contributed by atoms with Crippen molar-refractivity contribution in [2.24, 2.45) is 11.8 Å². The fourth-order valence-corrected chi connectivity index (χ4v) is 2.42. The summed E-state index contributed by atoms with van der Waals surface area (Å²) in [5.41, 5.74) is 0. The molecule has 2 unspecified atom stereocenters. The van der Waals surface area contributed by atoms with E-state index in [2.05, 4.69) is 5.32 Å². The van der Waals surface area contributed by atoms with Crippen molar-refractivity contribution in [2.45, 2.75) is 32.1 Å². The Morgan fingerprint density at radius 3 is 2.25 bits per heavy atom. The average molecular weight is 242 g/mol. The van der Waals surface area contributed by atoms with Gasteiger partial charge in [0.1, 0.15) is 0 Å². The maximum absolute atomic E-state index is 4.46. The van der Waals surface area contributed by atoms with Gasteiger partial charge >= 0.3 is 23.1 Å². The minimum atomic E-state index is 0. The van der Waals surface area contributed by atoms with Crippen LogP contribution in [0.25, 0.3) is 5.32 Å². The summed E-state index contributed by atoms with van der Waals surface area (Å²) in [6.07, 6.45) is 7.32. The maximum atomic E-state index is 4.46. The van der Waals surface area contributed by atoms with Crippen molar-refractivity contribution in [3.63, 3.8) is 0 Å². The van der Waals surface area contributed by atoms with Gasteiger partial charge in [-0.25, -0.2) is 0 Å². The van der Waals surface area contributed by atoms with Crippen molar-refractivity contribution in [3.05, 3.63) is 5.32 Å². The van der Waals surface area contributed by atoms with Gasteiger partial charge in [0.2, 0.25) is 0 Å². The second-order valence-corrected chi connectivity index (χ2v) is 3.72. The minimum absolute atomic E-state index is 0. The predicted octanol–water partition coefficient (Wildman–Crippen LogP) is -0.807. The predicted molar refractivity (Wildman–Crippen MR) is 48.9 cm³/mol. The number of piperidine rings is 1. The Morgan fingerprint density at radius 2 is 1.58 bits per heavy atom. The molecule has 0 N–H and O–H groups in total. The summed E-state index contributed by atoms with van der Waals surface area (Å²) >= 11 is 0. The Balaban J connectivity index is 0.000000605. The van der Waals surface area contributed by atoms with E-state index in [1.807, 2.05) is 0 Å². The fraction of sp³-hybridized carbons (Fsp3) is 1.00. The molecule has 2 fully saturated rings. The first-order valence-corrected chi connectivity index (χ1v) is 4.60. The van der Waals surface area contributed by atoms with Gasteiger partial charge in [-0.1, -0.05) is 38.0 Å². The molecular weight excluding hydrogens is 226 g/mol. The van der Waals surface area contributed by atoms with E-state index in [4.69, 9.17) is 0 Å². The Kier molecular flexibility index (Phi) is 7.30. The summed E-state index contributed by atoms with van der Waals surface area (Å²) in [5.74, 6) is 2.05. The van der Waals surface area contributed by atoms with E-state index in [1.165, 1.54) is 38.6 Å². The molecule has 2 atom stereocenters. The normalized spacial score (nSPS) is 34.0. The van der Waals surface area contributed by atoms with Gasteiger partial charge in [-0.15, -0.1) is 13.1 Å². The second-order valence-electron chi connectivity index (χ2n) is 3.72. The number of hydrogen-bond acceptors (Lipinski definition) is 0. The van der Waals surface area contributed by atoms with Crippen molar-refractivity contribution in [1.29, 1.82) is 0 Å². The van der Waals surface area contributed by atoms with E-state index in [-0.39, 0.29) is 40.0 Å². The molecule has 1 nitrogen and oxygen atoms in total. The summed E-state index contributed by atoms with van der Waals surface area (Å²) in [4.78, 5) is 0. The van der Waals surface area contributed by atoms with Crippen LogP contribution in [0.15, 0.2) is 0 Å². The molecule has 0 radical (unpaired) electrons. The minimum Gasteiger partial charge on any atom is -1.00 e. The van der Waals surface area contributed by atoms with E-state index in [0.717, 1.165) is 18.4 Å². The van der Waals surface area contributed by atoms with Gasteiger partial charge in [0.05, 0.1) is 0 Å². The molecule has 12 heavy (non-hydrogen) atoms. The number of fused-ring (bicyclic) bond motifs is 1. The largest absolute Gasteiger partial charge is 2.00 e. The third kappa shape index (κ3) is 3.16. The number of halogens is 1. The van der Waals surface area contributed by atoms with Crippen LogP contribution in [-0.2, 0) is 0 Å². The zero-order valence-electron chi connectivity index (χ0n) is 7.64. The van der Waals surface area contributed by atoms with Gasteiger partial charge in [-0.3, -0.25) is 0 Å². The average Bonchev–Trinajstić information content (AvgIpc) is 2.05. The summed E-state index contributed by atoms with van der Waals surface area (Å²) < 4.78 is 0. The molecule has 0 bridgehead atoms. The van der Waals surface area contributed by atoms with Crippen molar-refractivity contribution in [1.82, 2.24) is 0 Å². The molecule has 1 saturated heterocycles. The summed E-state index contributed by atoms with van der Waals surface area (Å²) in [6, 6.07) is 0. The molecule has 2 aliphatic rings. The SMILES string of the molecule is C1CCC2C[N-]CCC2C1.[Br-].[Mg+2]. The summed E-state index contributed by atoms with van der Waals surface area (Å²) in [5, 5.41) is 4.46. The zero-order valence-corrected chi connectivity index (χ0v) is 10.6. The Labute approximate surface area is 102 Å². The molecule has 0 aromatic carbocycles. The van der Waals surface area contributed by atoms with Crippen LogP contribution >= 0.6 is 0 Å². The van der Waals surface area contributed by atoms with Crippen LogP contribution in [0.1, 0.15) is 32.1 Å². The third-order valence-corrected chi connectivity index (χ3v) is 3.09. The van der Waals surface area contributed by atoms with E-state index >= 15 is 0 Å². The molecule has 0 aromatic rings. The van der Waals surface area contributed by atoms with Gasteiger partial charge in [-0.05, 0) is 5.92 Å². The maximum Gasteiger partial charge on any atom is 2.00 e. The van der Waals surface area contributed by atoms with Gasteiger partial charge < -0.3 is 22.3 Å². The molecule has 0 amide bonds. The Hall–Kier alpha value is 1.21. The van der Waals surface area contributed by atoms with E-state index < -0.39 is 0 Å². The van der Waals surface area contributed by atoms with E-state index in [9.17, 15) is 0 Å². The van der Waals surface area contributed by atoms with Gasteiger partial charge in [0, 0.05) is 0 Å². The molecule has 1 heterocycles. The topological polar surface area (TPSA) is 14.1 Å². The number of rotatable bonds is 0. The zero-order chi connectivity index (χ0) is 6.81. The standard InChI is InChI=1S/C9H16N.BrH.Mg/c1-2-4-9-7-10-6-5-8(9)3-1;;/h8-9H,1-7H2;1H;/q-1;;+2/p-1. The molecule has 1 aliphatic heterocycles. The third-order valence-electron chi connectivity index (χ3n) is 3.09. The Morgan fingerprint density at radius 1 is 0.917 bits per heavy atom. The van der Waals surface area contributed by atoms with Gasteiger partial charge in [-0.2, -0.15) is 0 Å². The molecule has 3 heteroatoms. The van der Waals surface area contributed by atoms with Gasteiger partial charge in [0.15, 0.2) is 0 Å². The summed E-state index contributed by atoms with van der Waals surface area (Å²) in [6.45, 7) is 2.34. The molecule has 66 valence electrons. The van der Waals surface area contributed by atoms with E-state index in [0.29, 0.717) is 0 Å². The molecule has 2 rings (SSSR count). The fourth-order valence-electron chi connectivity index (χ4n) is 2.42. The Bertz CT molecular complexity index is 95.1. The van der Waals surface area contributed by atoms with Crippen LogP contribution in [0.4, 0.5) is 0 Å². The first-order chi connectivity index (χ1) is 4.97. The molecular formula is C9H16BrMgN. The first-order valence-electron chi connectivity index (χ1n) is 4.60. The summed E-state index contributed by atoms with van der Waals surface area (Å²) in [7, 11) is 0. The van der Waals surface area contributed by atoms with Crippen LogP contribution in [0.2, 0.25) is 0 Å². The van der Waals surface area contributed by atoms with Crippen LogP contribution in [0, 0.1) is 11.8 Å². The van der Waals surface area contributed by atoms with Gasteiger partial charge in [0.25, 0.3) is 0 Å². The second kappa shape index (κ2) is 6.63. The first kappa shape index (κ1) is 13.2. The van der Waals surface area contributed by atoms with Crippen LogP contribution in [0.3, 0.4) is 0 Å². The number of hydrogen-bond donors (Lipinski definition) is 0.